The molecule has 0 spiro atoms. The molecule has 0 bridgehead atoms. The molecule has 0 amide bonds. The van der Waals surface area contributed by atoms with Crippen LogP contribution in [0.4, 0.5) is 0 Å². The first-order valence-electron chi connectivity index (χ1n) is 7.38. The molecular formula is C9H16N8O12. The maximum Gasteiger partial charge on any atom is 0.478 e. The first-order chi connectivity index (χ1) is 13.0. The van der Waals surface area contributed by atoms with E-state index < -0.39 is 66.8 Å². The average Bonchev–Trinajstić information content (AvgIpc) is 2.57. The molecule has 1 atom stereocenters. The van der Waals surface area contributed by atoms with E-state index in [-0.39, 0.29) is 10.0 Å². The molecule has 0 N–H and O–H groups in total. The van der Waals surface area contributed by atoms with Crippen molar-refractivity contribution in [2.24, 2.45) is 0 Å². The van der Waals surface area contributed by atoms with E-state index >= 15 is 0 Å². The zero-order valence-electron chi connectivity index (χ0n) is 15.2. The monoisotopic (exact) mass is 428 g/mol. The summed E-state index contributed by atoms with van der Waals surface area (Å²) in [6.45, 7) is -1.97. The van der Waals surface area contributed by atoms with Crippen LogP contribution in [0.3, 0.4) is 0 Å². The second-order valence-corrected chi connectivity index (χ2v) is 6.23. The van der Waals surface area contributed by atoms with Crippen LogP contribution in [0.2, 0.25) is 0 Å². The Balaban J connectivity index is 5.79. The number of hydrogen-bond donors (Lipinski definition) is 0. The first-order valence-corrected chi connectivity index (χ1v) is 7.38. The van der Waals surface area contributed by atoms with Crippen LogP contribution in [-0.2, 0) is 0 Å². The summed E-state index contributed by atoms with van der Waals surface area (Å²) in [5.74, 6) is 0. The lowest BCUT2D eigenvalue weighted by atomic mass is 10.2. The van der Waals surface area contributed by atoms with Gasteiger partial charge in [-0.05, 0) is 6.92 Å². The smallest absolute Gasteiger partial charge is 0.258 e. The van der Waals surface area contributed by atoms with Gasteiger partial charge in [-0.25, -0.2) is 20.2 Å². The molecule has 0 radical (unpaired) electrons. The Morgan fingerprint density at radius 3 is 1.31 bits per heavy atom. The van der Waals surface area contributed by atoms with Gasteiger partial charge >= 0.3 is 11.3 Å². The second kappa shape index (κ2) is 8.79. The molecule has 0 saturated heterocycles. The quantitative estimate of drug-likeness (QED) is 0.191. The third kappa shape index (κ3) is 5.49. The number of rotatable bonds is 13. The highest BCUT2D eigenvalue weighted by molar-refractivity contribution is 4.72. The number of hydrazine groups is 2. The average molecular weight is 428 g/mol. The van der Waals surface area contributed by atoms with Crippen LogP contribution in [0.1, 0.15) is 20.8 Å². The molecule has 1 unspecified atom stereocenters. The van der Waals surface area contributed by atoms with E-state index in [1.807, 2.05) is 0 Å². The van der Waals surface area contributed by atoms with Crippen molar-refractivity contribution in [3.05, 3.63) is 60.7 Å². The molecule has 20 heteroatoms. The molecule has 0 saturated carbocycles. The van der Waals surface area contributed by atoms with Crippen LogP contribution >= 0.6 is 0 Å². The Labute approximate surface area is 159 Å². The predicted molar refractivity (Wildman–Crippen MR) is 86.5 cm³/mol. The van der Waals surface area contributed by atoms with Gasteiger partial charge in [0, 0.05) is 0 Å². The minimum atomic E-state index is -3.04. The largest absolute Gasteiger partial charge is 0.478 e. The van der Waals surface area contributed by atoms with Gasteiger partial charge in [-0.1, -0.05) is 0 Å². The van der Waals surface area contributed by atoms with Crippen molar-refractivity contribution in [2.75, 3.05) is 19.6 Å². The molecule has 0 aliphatic carbocycles. The Bertz CT molecular complexity index is 698. The summed E-state index contributed by atoms with van der Waals surface area (Å²) in [6, 6.07) is -1.64. The standard InChI is InChI=1S/C9H16N8O12/c1-7(11(17(28)29)6-9(3,14(22)23)15(24)25)4-10(16(26)27)5-8(2,12(18)19)13(20)21/h7H,4-6H2,1-3H3. The number of nitro groups is 6. The molecule has 0 fully saturated rings. The molecule has 0 aromatic carbocycles. The Morgan fingerprint density at radius 2 is 1.03 bits per heavy atom. The van der Waals surface area contributed by atoms with E-state index in [0.717, 1.165) is 6.92 Å². The van der Waals surface area contributed by atoms with Gasteiger partial charge in [0.15, 0.2) is 10.1 Å². The molecule has 29 heavy (non-hydrogen) atoms. The van der Waals surface area contributed by atoms with Gasteiger partial charge in [-0.15, -0.1) is 10.0 Å². The van der Waals surface area contributed by atoms with E-state index in [1.165, 1.54) is 0 Å². The highest BCUT2D eigenvalue weighted by atomic mass is 16.7. The first kappa shape index (κ1) is 25.0. The van der Waals surface area contributed by atoms with E-state index in [0.29, 0.717) is 13.8 Å². The summed E-state index contributed by atoms with van der Waals surface area (Å²) < 4.78 is 0. The van der Waals surface area contributed by atoms with Crippen LogP contribution in [0.15, 0.2) is 0 Å². The molecule has 164 valence electrons. The molecule has 0 aliphatic rings. The lowest BCUT2D eigenvalue weighted by Gasteiger charge is -2.25. The molecular weight excluding hydrogens is 412 g/mol. The van der Waals surface area contributed by atoms with Crippen molar-refractivity contribution in [3.8, 4) is 0 Å². The van der Waals surface area contributed by atoms with Crippen molar-refractivity contribution >= 4 is 0 Å². The van der Waals surface area contributed by atoms with Crippen molar-refractivity contribution in [1.82, 2.24) is 10.0 Å². The summed E-state index contributed by atoms with van der Waals surface area (Å²) in [4.78, 5) is 60.5. The van der Waals surface area contributed by atoms with Crippen molar-refractivity contribution < 1.29 is 29.8 Å². The predicted octanol–water partition coefficient (Wildman–Crippen LogP) is -1.10. The maximum absolute atomic E-state index is 11.2. The molecule has 0 heterocycles. The summed E-state index contributed by atoms with van der Waals surface area (Å²) in [7, 11) is 0. The number of hydrogen-bond acceptors (Lipinski definition) is 12. The van der Waals surface area contributed by atoms with Crippen LogP contribution in [-0.4, -0.2) is 76.8 Å². The topological polar surface area (TPSA) is 265 Å². The molecule has 20 nitrogen and oxygen atoms in total. The van der Waals surface area contributed by atoms with E-state index in [1.54, 1.807) is 0 Å². The minimum absolute atomic E-state index is 0.0300. The maximum atomic E-state index is 11.2. The molecule has 0 aromatic heterocycles. The van der Waals surface area contributed by atoms with Crippen molar-refractivity contribution in [2.45, 2.75) is 38.1 Å². The zero-order chi connectivity index (χ0) is 23.3. The van der Waals surface area contributed by atoms with E-state index in [9.17, 15) is 60.7 Å². The SMILES string of the molecule is CC(CN(CC(C)([N+](=O)[O-])[N+](=O)[O-])[N+](=O)[O-])N(CC(C)([N+](=O)[O-])[N+](=O)[O-])[N+](=O)[O-]. The lowest BCUT2D eigenvalue weighted by Crippen LogP contribution is -2.59. The van der Waals surface area contributed by atoms with Gasteiger partial charge in [0.1, 0.15) is 32.3 Å². The summed E-state index contributed by atoms with van der Waals surface area (Å²) in [5.41, 5.74) is -6.08. The molecule has 0 aliphatic heterocycles. The van der Waals surface area contributed by atoms with E-state index in [4.69, 9.17) is 0 Å². The fraction of sp³-hybridized carbons (Fsp3) is 1.00. The molecule has 0 rings (SSSR count). The van der Waals surface area contributed by atoms with Crippen molar-refractivity contribution in [1.29, 1.82) is 0 Å². The Kier molecular flexibility index (Phi) is 7.58. The summed E-state index contributed by atoms with van der Waals surface area (Å²) in [5, 5.41) is 63.5. The zero-order valence-corrected chi connectivity index (χ0v) is 15.2. The Hall–Kier alpha value is -4.00. The summed E-state index contributed by atoms with van der Waals surface area (Å²) in [6.07, 6.45) is 0. The Morgan fingerprint density at radius 1 is 0.690 bits per heavy atom. The normalized spacial score (nSPS) is 12.5. The van der Waals surface area contributed by atoms with Crippen LogP contribution in [0.25, 0.3) is 0 Å². The van der Waals surface area contributed by atoms with Gasteiger partial charge in [0.2, 0.25) is 13.1 Å². The minimum Gasteiger partial charge on any atom is -0.258 e. The third-order valence-electron chi connectivity index (χ3n) is 3.94. The third-order valence-corrected chi connectivity index (χ3v) is 3.94. The molecule has 0 aromatic rings. The number of nitrogens with zero attached hydrogens (tertiary/aromatic N) is 8. The highest BCUT2D eigenvalue weighted by Crippen LogP contribution is 2.17. The van der Waals surface area contributed by atoms with Gasteiger partial charge in [-0.3, -0.25) is 40.5 Å². The second-order valence-electron chi connectivity index (χ2n) is 6.23. The van der Waals surface area contributed by atoms with Crippen LogP contribution < -0.4 is 0 Å². The fourth-order valence-electron chi connectivity index (χ4n) is 1.98. The fourth-order valence-corrected chi connectivity index (χ4v) is 1.98. The van der Waals surface area contributed by atoms with Gasteiger partial charge in [-0.2, -0.15) is 0 Å². The van der Waals surface area contributed by atoms with Crippen LogP contribution in [0, 0.1) is 60.7 Å². The van der Waals surface area contributed by atoms with E-state index in [2.05, 4.69) is 0 Å². The van der Waals surface area contributed by atoms with Gasteiger partial charge < -0.3 is 0 Å². The van der Waals surface area contributed by atoms with Gasteiger partial charge in [0.05, 0.1) is 13.8 Å². The summed E-state index contributed by atoms with van der Waals surface area (Å²) >= 11 is 0. The van der Waals surface area contributed by atoms with Crippen LogP contribution in [0.5, 0.6) is 0 Å². The van der Waals surface area contributed by atoms with Crippen molar-refractivity contribution in [3.63, 3.8) is 0 Å². The van der Waals surface area contributed by atoms with Gasteiger partial charge in [0.25, 0.3) is 0 Å². The highest BCUT2D eigenvalue weighted by Gasteiger charge is 2.57. The lowest BCUT2D eigenvalue weighted by molar-refractivity contribution is -0.809.